The average Bonchev–Trinajstić information content (AvgIpc) is 2.84. The van der Waals surface area contributed by atoms with E-state index in [0.717, 1.165) is 18.2 Å². The van der Waals surface area contributed by atoms with Crippen LogP contribution in [0.15, 0.2) is 30.5 Å². The summed E-state index contributed by atoms with van der Waals surface area (Å²) in [7, 11) is 1.15. The molecular formula is C14H14F2N2O2. The molecule has 0 amide bonds. The predicted octanol–water partition coefficient (Wildman–Crippen LogP) is 2.96. The molecule has 6 heteroatoms. The molecule has 0 N–H and O–H groups in total. The topological polar surface area (TPSA) is 44.1 Å². The minimum Gasteiger partial charge on any atom is -0.465 e. The first kappa shape index (κ1) is 14.2. The molecule has 0 fully saturated rings. The van der Waals surface area contributed by atoms with Crippen LogP contribution in [0.2, 0.25) is 0 Å². The van der Waals surface area contributed by atoms with Crippen LogP contribution in [-0.4, -0.2) is 22.9 Å². The number of aryl methyl sites for hydroxylation is 1. The van der Waals surface area contributed by atoms with Crippen LogP contribution < -0.4 is 0 Å². The lowest BCUT2D eigenvalue weighted by atomic mass is 10.1. The summed E-state index contributed by atoms with van der Waals surface area (Å²) in [6.07, 6.45) is -1.53. The molecule has 4 nitrogen and oxygen atoms in total. The standard InChI is InChI=1S/C14H14F2N2O2/c1-9-3-5-10(6-4-9)7-18-8-11(14(19)20-2)12(17-18)13(15)16/h3-6,8,13H,7H2,1-2H3. The van der Waals surface area contributed by atoms with E-state index in [1.807, 2.05) is 31.2 Å². The SMILES string of the molecule is COC(=O)c1cn(Cc2ccc(C)cc2)nc1C(F)F. The van der Waals surface area contributed by atoms with Crippen LogP contribution in [0, 0.1) is 6.92 Å². The monoisotopic (exact) mass is 280 g/mol. The van der Waals surface area contributed by atoms with Gasteiger partial charge < -0.3 is 4.74 Å². The first-order chi connectivity index (χ1) is 9.51. The number of benzene rings is 1. The van der Waals surface area contributed by atoms with Crippen molar-refractivity contribution in [3.8, 4) is 0 Å². The zero-order valence-electron chi connectivity index (χ0n) is 11.1. The van der Waals surface area contributed by atoms with Gasteiger partial charge in [0, 0.05) is 6.20 Å². The minimum atomic E-state index is -2.82. The van der Waals surface area contributed by atoms with Gasteiger partial charge in [0.15, 0.2) is 0 Å². The maximum absolute atomic E-state index is 12.8. The molecule has 0 aliphatic carbocycles. The normalized spacial score (nSPS) is 10.8. The van der Waals surface area contributed by atoms with E-state index in [2.05, 4.69) is 9.84 Å². The van der Waals surface area contributed by atoms with E-state index in [1.165, 1.54) is 10.9 Å². The summed E-state index contributed by atoms with van der Waals surface area (Å²) in [6.45, 7) is 2.28. The van der Waals surface area contributed by atoms with Gasteiger partial charge in [-0.1, -0.05) is 29.8 Å². The fourth-order valence-electron chi connectivity index (χ4n) is 1.83. The van der Waals surface area contributed by atoms with E-state index in [0.29, 0.717) is 6.54 Å². The van der Waals surface area contributed by atoms with Gasteiger partial charge in [-0.15, -0.1) is 0 Å². The van der Waals surface area contributed by atoms with E-state index in [-0.39, 0.29) is 5.56 Å². The molecule has 1 aromatic carbocycles. The quantitative estimate of drug-likeness (QED) is 0.809. The Hall–Kier alpha value is -2.24. The molecule has 0 bridgehead atoms. The van der Waals surface area contributed by atoms with Crippen LogP contribution in [0.5, 0.6) is 0 Å². The summed E-state index contributed by atoms with van der Waals surface area (Å²) in [5.74, 6) is -0.810. The molecule has 0 spiro atoms. The predicted molar refractivity (Wildman–Crippen MR) is 68.8 cm³/mol. The number of hydrogen-bond donors (Lipinski definition) is 0. The van der Waals surface area contributed by atoms with Crippen molar-refractivity contribution in [2.24, 2.45) is 0 Å². The highest BCUT2D eigenvalue weighted by Crippen LogP contribution is 2.22. The highest BCUT2D eigenvalue weighted by atomic mass is 19.3. The Balaban J connectivity index is 2.29. The zero-order valence-corrected chi connectivity index (χ0v) is 11.1. The van der Waals surface area contributed by atoms with Crippen LogP contribution in [0.25, 0.3) is 0 Å². The number of esters is 1. The minimum absolute atomic E-state index is 0.199. The summed E-state index contributed by atoms with van der Waals surface area (Å²) < 4.78 is 31.5. The lowest BCUT2D eigenvalue weighted by molar-refractivity contribution is 0.0589. The number of alkyl halides is 2. The third-order valence-corrected chi connectivity index (χ3v) is 2.87. The number of aromatic nitrogens is 2. The maximum atomic E-state index is 12.8. The van der Waals surface area contributed by atoms with Gasteiger partial charge in [0.05, 0.1) is 13.7 Å². The number of carbonyl (C=O) groups is 1. The molecule has 1 aromatic heterocycles. The molecule has 20 heavy (non-hydrogen) atoms. The van der Waals surface area contributed by atoms with E-state index < -0.39 is 18.1 Å². The number of ether oxygens (including phenoxy) is 1. The number of hydrogen-bond acceptors (Lipinski definition) is 3. The maximum Gasteiger partial charge on any atom is 0.341 e. The Morgan fingerprint density at radius 3 is 2.55 bits per heavy atom. The van der Waals surface area contributed by atoms with Crippen molar-refractivity contribution >= 4 is 5.97 Å². The Morgan fingerprint density at radius 1 is 1.35 bits per heavy atom. The second kappa shape index (κ2) is 5.81. The molecule has 0 saturated heterocycles. The van der Waals surface area contributed by atoms with Crippen molar-refractivity contribution in [2.45, 2.75) is 19.9 Å². The highest BCUT2D eigenvalue weighted by Gasteiger charge is 2.23. The van der Waals surface area contributed by atoms with Gasteiger partial charge in [0.25, 0.3) is 6.43 Å². The van der Waals surface area contributed by atoms with E-state index >= 15 is 0 Å². The van der Waals surface area contributed by atoms with Crippen LogP contribution in [0.1, 0.15) is 33.6 Å². The van der Waals surface area contributed by atoms with Gasteiger partial charge in [-0.2, -0.15) is 5.10 Å². The highest BCUT2D eigenvalue weighted by molar-refractivity contribution is 5.90. The van der Waals surface area contributed by atoms with Gasteiger partial charge in [-0.25, -0.2) is 13.6 Å². The van der Waals surface area contributed by atoms with E-state index in [4.69, 9.17) is 0 Å². The molecular weight excluding hydrogens is 266 g/mol. The van der Waals surface area contributed by atoms with Crippen molar-refractivity contribution in [1.29, 1.82) is 0 Å². The molecule has 2 rings (SSSR count). The van der Waals surface area contributed by atoms with Crippen LogP contribution >= 0.6 is 0 Å². The third kappa shape index (κ3) is 3.01. The van der Waals surface area contributed by atoms with Crippen LogP contribution in [0.3, 0.4) is 0 Å². The number of methoxy groups -OCH3 is 1. The van der Waals surface area contributed by atoms with Crippen LogP contribution in [0.4, 0.5) is 8.78 Å². The molecule has 106 valence electrons. The first-order valence-electron chi connectivity index (χ1n) is 6.00. The first-order valence-corrected chi connectivity index (χ1v) is 6.00. The van der Waals surface area contributed by atoms with Gasteiger partial charge >= 0.3 is 5.97 Å². The van der Waals surface area contributed by atoms with Crippen molar-refractivity contribution in [1.82, 2.24) is 9.78 Å². The smallest absolute Gasteiger partial charge is 0.341 e. The fraction of sp³-hybridized carbons (Fsp3) is 0.286. The van der Waals surface area contributed by atoms with Crippen molar-refractivity contribution in [2.75, 3.05) is 7.11 Å². The van der Waals surface area contributed by atoms with E-state index in [1.54, 1.807) is 0 Å². The Morgan fingerprint density at radius 2 is 2.00 bits per heavy atom. The van der Waals surface area contributed by atoms with Gasteiger partial charge in [-0.3, -0.25) is 4.68 Å². The number of halogens is 2. The molecule has 1 heterocycles. The third-order valence-electron chi connectivity index (χ3n) is 2.87. The summed E-state index contributed by atoms with van der Waals surface area (Å²) in [4.78, 5) is 11.4. The molecule has 0 radical (unpaired) electrons. The van der Waals surface area contributed by atoms with Crippen molar-refractivity contribution < 1.29 is 18.3 Å². The number of nitrogens with zero attached hydrogens (tertiary/aromatic N) is 2. The zero-order chi connectivity index (χ0) is 14.7. The van der Waals surface area contributed by atoms with Crippen molar-refractivity contribution in [3.05, 3.63) is 52.8 Å². The molecule has 0 atom stereocenters. The van der Waals surface area contributed by atoms with Gasteiger partial charge in [0.1, 0.15) is 11.3 Å². The molecule has 0 aliphatic heterocycles. The Labute approximate surface area is 115 Å². The van der Waals surface area contributed by atoms with Gasteiger partial charge in [0.2, 0.25) is 0 Å². The largest absolute Gasteiger partial charge is 0.465 e. The second-order valence-corrected chi connectivity index (χ2v) is 4.40. The Bertz CT molecular complexity index is 606. The summed E-state index contributed by atoms with van der Waals surface area (Å²) >= 11 is 0. The lowest BCUT2D eigenvalue weighted by Gasteiger charge is -2.02. The Kier molecular flexibility index (Phi) is 4.12. The average molecular weight is 280 g/mol. The van der Waals surface area contributed by atoms with E-state index in [9.17, 15) is 13.6 Å². The summed E-state index contributed by atoms with van der Waals surface area (Å²) in [5.41, 5.74) is 1.27. The molecule has 0 aliphatic rings. The van der Waals surface area contributed by atoms with Gasteiger partial charge in [-0.05, 0) is 12.5 Å². The second-order valence-electron chi connectivity index (χ2n) is 4.40. The lowest BCUT2D eigenvalue weighted by Crippen LogP contribution is -2.03. The number of carbonyl (C=O) groups excluding carboxylic acids is 1. The molecule has 2 aromatic rings. The molecule has 0 saturated carbocycles. The fourth-order valence-corrected chi connectivity index (χ4v) is 1.83. The summed E-state index contributed by atoms with van der Waals surface area (Å²) in [5, 5.41) is 3.76. The van der Waals surface area contributed by atoms with Crippen molar-refractivity contribution in [3.63, 3.8) is 0 Å². The number of rotatable bonds is 4. The van der Waals surface area contributed by atoms with Crippen LogP contribution in [-0.2, 0) is 11.3 Å². The molecule has 0 unspecified atom stereocenters. The summed E-state index contributed by atoms with van der Waals surface area (Å²) in [6, 6.07) is 7.62.